The maximum absolute atomic E-state index is 12.9. The van der Waals surface area contributed by atoms with E-state index in [0.29, 0.717) is 19.4 Å². The summed E-state index contributed by atoms with van der Waals surface area (Å²) in [5.41, 5.74) is 0.171. The molecule has 1 aliphatic carbocycles. The van der Waals surface area contributed by atoms with Gasteiger partial charge in [-0.2, -0.15) is 0 Å². The number of benzene rings is 1. The minimum absolute atomic E-state index is 0.232. The average Bonchev–Trinajstić information content (AvgIpc) is 2.84. The first-order valence-corrected chi connectivity index (χ1v) is 8.97. The zero-order chi connectivity index (χ0) is 18.7. The number of amides is 4. The fourth-order valence-electron chi connectivity index (χ4n) is 3.81. The van der Waals surface area contributed by atoms with Gasteiger partial charge in [-0.05, 0) is 30.5 Å². The lowest BCUT2D eigenvalue weighted by atomic mass is 9.81. The highest BCUT2D eigenvalue weighted by molar-refractivity contribution is 6.08. The largest absolute Gasteiger partial charge is 0.497 e. The quantitative estimate of drug-likeness (QED) is 0.815. The molecular weight excluding hydrogens is 334 g/mol. The third-order valence-corrected chi connectivity index (χ3v) is 5.43. The van der Waals surface area contributed by atoms with E-state index >= 15 is 0 Å². The molecule has 2 aliphatic rings. The molecule has 1 aromatic rings. The molecule has 140 valence electrons. The second-order valence-corrected chi connectivity index (χ2v) is 6.95. The van der Waals surface area contributed by atoms with Gasteiger partial charge in [-0.15, -0.1) is 0 Å². The van der Waals surface area contributed by atoms with E-state index in [1.165, 1.54) is 4.90 Å². The van der Waals surface area contributed by atoms with Crippen molar-refractivity contribution in [1.82, 2.24) is 15.1 Å². The number of methoxy groups -OCH3 is 1. The Labute approximate surface area is 153 Å². The van der Waals surface area contributed by atoms with Crippen molar-refractivity contribution >= 4 is 17.8 Å². The number of ether oxygens (including phenoxy) is 1. The standard InChI is InChI=1S/C19H25N3O4/c1-21-18(25)22(17(24)19(21)10-4-3-5-11-19)13-16(23)20-12-14-6-8-15(26-2)9-7-14/h6-9H,3-5,10-13H2,1-2H3,(H,20,23). The third-order valence-electron chi connectivity index (χ3n) is 5.43. The Morgan fingerprint density at radius 1 is 1.15 bits per heavy atom. The average molecular weight is 359 g/mol. The predicted octanol–water partition coefficient (Wildman–Crippen LogP) is 1.91. The molecule has 26 heavy (non-hydrogen) atoms. The number of imide groups is 1. The molecule has 3 rings (SSSR count). The van der Waals surface area contributed by atoms with Crippen LogP contribution in [0.3, 0.4) is 0 Å². The molecule has 1 saturated heterocycles. The summed E-state index contributed by atoms with van der Waals surface area (Å²) in [7, 11) is 3.26. The van der Waals surface area contributed by atoms with Crippen LogP contribution in [0.4, 0.5) is 4.79 Å². The number of rotatable bonds is 5. The van der Waals surface area contributed by atoms with Crippen LogP contribution in [0.15, 0.2) is 24.3 Å². The first kappa shape index (κ1) is 18.2. The summed E-state index contributed by atoms with van der Waals surface area (Å²) in [6.45, 7) is 0.0972. The molecular formula is C19H25N3O4. The molecule has 4 amide bonds. The summed E-state index contributed by atoms with van der Waals surface area (Å²) in [5, 5.41) is 2.77. The first-order chi connectivity index (χ1) is 12.5. The SMILES string of the molecule is COc1ccc(CNC(=O)CN2C(=O)N(C)C3(CCCCC3)C2=O)cc1. The van der Waals surface area contributed by atoms with Crippen LogP contribution in [-0.2, 0) is 16.1 Å². The van der Waals surface area contributed by atoms with Gasteiger partial charge in [-0.25, -0.2) is 4.79 Å². The van der Waals surface area contributed by atoms with E-state index < -0.39 is 5.54 Å². The summed E-state index contributed by atoms with van der Waals surface area (Å²) in [5.74, 6) is 0.169. The van der Waals surface area contributed by atoms with Gasteiger partial charge < -0.3 is 15.0 Å². The minimum Gasteiger partial charge on any atom is -0.497 e. The number of hydrogen-bond donors (Lipinski definition) is 1. The molecule has 1 heterocycles. The van der Waals surface area contributed by atoms with Gasteiger partial charge in [-0.1, -0.05) is 31.4 Å². The van der Waals surface area contributed by atoms with Crippen molar-refractivity contribution in [3.63, 3.8) is 0 Å². The van der Waals surface area contributed by atoms with Crippen LogP contribution < -0.4 is 10.1 Å². The molecule has 7 heteroatoms. The first-order valence-electron chi connectivity index (χ1n) is 8.97. The summed E-state index contributed by atoms with van der Waals surface area (Å²) < 4.78 is 5.10. The van der Waals surface area contributed by atoms with E-state index in [0.717, 1.165) is 35.5 Å². The molecule has 7 nitrogen and oxygen atoms in total. The summed E-state index contributed by atoms with van der Waals surface area (Å²) in [6, 6.07) is 6.97. The Morgan fingerprint density at radius 2 is 1.81 bits per heavy atom. The van der Waals surface area contributed by atoms with Crippen LogP contribution in [-0.4, -0.2) is 53.9 Å². The summed E-state index contributed by atoms with van der Waals surface area (Å²) in [4.78, 5) is 40.2. The summed E-state index contributed by atoms with van der Waals surface area (Å²) in [6.07, 6.45) is 4.30. The van der Waals surface area contributed by atoms with E-state index in [-0.39, 0.29) is 24.4 Å². The zero-order valence-corrected chi connectivity index (χ0v) is 15.3. The van der Waals surface area contributed by atoms with Crippen molar-refractivity contribution in [1.29, 1.82) is 0 Å². The topological polar surface area (TPSA) is 79.0 Å². The highest BCUT2D eigenvalue weighted by atomic mass is 16.5. The van der Waals surface area contributed by atoms with Gasteiger partial charge in [0.2, 0.25) is 5.91 Å². The van der Waals surface area contributed by atoms with Crippen molar-refractivity contribution in [2.45, 2.75) is 44.2 Å². The fourth-order valence-corrected chi connectivity index (χ4v) is 3.81. The molecule has 1 aromatic carbocycles. The third kappa shape index (κ3) is 3.25. The minimum atomic E-state index is -0.744. The Kier molecular flexibility index (Phi) is 5.15. The van der Waals surface area contributed by atoms with Crippen molar-refractivity contribution in [3.05, 3.63) is 29.8 Å². The molecule has 0 unspecified atom stereocenters. The van der Waals surface area contributed by atoms with Gasteiger partial charge in [-0.3, -0.25) is 14.5 Å². The van der Waals surface area contributed by atoms with Crippen molar-refractivity contribution in [2.75, 3.05) is 20.7 Å². The normalized spacial score (nSPS) is 19.2. The number of likely N-dealkylation sites (N-methyl/N-ethyl adjacent to an activating group) is 1. The molecule has 0 aromatic heterocycles. The second-order valence-electron chi connectivity index (χ2n) is 6.95. The Bertz CT molecular complexity index is 695. The lowest BCUT2D eigenvalue weighted by Crippen LogP contribution is -2.49. The van der Waals surface area contributed by atoms with Crippen LogP contribution in [0.1, 0.15) is 37.7 Å². The van der Waals surface area contributed by atoms with Crippen LogP contribution >= 0.6 is 0 Å². The van der Waals surface area contributed by atoms with E-state index in [4.69, 9.17) is 4.74 Å². The van der Waals surface area contributed by atoms with Crippen molar-refractivity contribution in [2.24, 2.45) is 0 Å². The van der Waals surface area contributed by atoms with Gasteiger partial charge in [0.1, 0.15) is 17.8 Å². The Hall–Kier alpha value is -2.57. The molecule has 2 fully saturated rings. The van der Waals surface area contributed by atoms with Crippen LogP contribution in [0.2, 0.25) is 0 Å². The monoisotopic (exact) mass is 359 g/mol. The van der Waals surface area contributed by atoms with Gasteiger partial charge in [0, 0.05) is 13.6 Å². The van der Waals surface area contributed by atoms with Crippen LogP contribution in [0, 0.1) is 0 Å². The lowest BCUT2D eigenvalue weighted by molar-refractivity contribution is -0.137. The second kappa shape index (κ2) is 7.35. The van der Waals surface area contributed by atoms with Crippen LogP contribution in [0.25, 0.3) is 0 Å². The zero-order valence-electron chi connectivity index (χ0n) is 15.3. The smallest absolute Gasteiger partial charge is 0.327 e. The fraction of sp³-hybridized carbons (Fsp3) is 0.526. The van der Waals surface area contributed by atoms with E-state index in [2.05, 4.69) is 5.32 Å². The van der Waals surface area contributed by atoms with Gasteiger partial charge in [0.25, 0.3) is 5.91 Å². The molecule has 1 N–H and O–H groups in total. The molecule has 1 spiro atoms. The molecule has 0 radical (unpaired) electrons. The Morgan fingerprint density at radius 3 is 2.42 bits per heavy atom. The highest BCUT2D eigenvalue weighted by Crippen LogP contribution is 2.39. The van der Waals surface area contributed by atoms with Crippen molar-refractivity contribution in [3.8, 4) is 5.75 Å². The lowest BCUT2D eigenvalue weighted by Gasteiger charge is -2.35. The maximum atomic E-state index is 12.9. The molecule has 0 bridgehead atoms. The molecule has 1 saturated carbocycles. The van der Waals surface area contributed by atoms with Gasteiger partial charge in [0.15, 0.2) is 0 Å². The highest BCUT2D eigenvalue weighted by Gasteiger charge is 2.55. The van der Waals surface area contributed by atoms with Gasteiger partial charge >= 0.3 is 6.03 Å². The Balaban J connectivity index is 1.59. The van der Waals surface area contributed by atoms with Gasteiger partial charge in [0.05, 0.1) is 7.11 Å². The number of nitrogens with zero attached hydrogens (tertiary/aromatic N) is 2. The summed E-state index contributed by atoms with van der Waals surface area (Å²) >= 11 is 0. The predicted molar refractivity (Wildman–Crippen MR) is 95.5 cm³/mol. The van der Waals surface area contributed by atoms with E-state index in [9.17, 15) is 14.4 Å². The maximum Gasteiger partial charge on any atom is 0.327 e. The molecule has 1 aliphatic heterocycles. The number of nitrogens with one attached hydrogen (secondary N) is 1. The van der Waals surface area contributed by atoms with E-state index in [1.54, 1.807) is 14.2 Å². The number of carbonyl (C=O) groups is 3. The number of carbonyl (C=O) groups excluding carboxylic acids is 3. The van der Waals surface area contributed by atoms with E-state index in [1.807, 2.05) is 24.3 Å². The van der Waals surface area contributed by atoms with Crippen molar-refractivity contribution < 1.29 is 19.1 Å². The number of urea groups is 1. The molecule has 0 atom stereocenters. The number of hydrogen-bond acceptors (Lipinski definition) is 4. The van der Waals surface area contributed by atoms with Crippen LogP contribution in [0.5, 0.6) is 5.75 Å².